The fraction of sp³-hybridized carbons (Fsp3) is 0.263. The smallest absolute Gasteiger partial charge is 0.228 e. The topological polar surface area (TPSA) is 88.2 Å². The van der Waals surface area contributed by atoms with E-state index in [1.165, 1.54) is 0 Å². The first-order valence-electron chi connectivity index (χ1n) is 8.77. The van der Waals surface area contributed by atoms with E-state index in [9.17, 15) is 0 Å². The molecule has 7 nitrogen and oxygen atoms in total. The summed E-state index contributed by atoms with van der Waals surface area (Å²) in [7, 11) is 1.73. The van der Waals surface area contributed by atoms with Gasteiger partial charge in [-0.2, -0.15) is 4.98 Å². The van der Waals surface area contributed by atoms with Crippen molar-refractivity contribution in [1.82, 2.24) is 25.8 Å². The van der Waals surface area contributed by atoms with E-state index in [2.05, 4.69) is 30.8 Å². The van der Waals surface area contributed by atoms with Crippen molar-refractivity contribution in [1.29, 1.82) is 0 Å². The van der Waals surface area contributed by atoms with Crippen LogP contribution in [0.4, 0.5) is 0 Å². The van der Waals surface area contributed by atoms with Gasteiger partial charge in [-0.3, -0.25) is 4.99 Å². The Kier molecular flexibility index (Phi) is 9.62. The van der Waals surface area contributed by atoms with Crippen molar-refractivity contribution in [2.45, 2.75) is 12.8 Å². The van der Waals surface area contributed by atoms with Gasteiger partial charge >= 0.3 is 0 Å². The molecule has 3 rings (SSSR count). The number of benzene rings is 1. The van der Waals surface area contributed by atoms with Crippen molar-refractivity contribution in [3.8, 4) is 11.4 Å². The number of aliphatic imine (C=N–C) groups is 1. The molecule has 0 amide bonds. The molecule has 0 saturated carbocycles. The average Bonchev–Trinajstić information content (AvgIpc) is 3.17. The van der Waals surface area contributed by atoms with Crippen LogP contribution >= 0.6 is 47.2 Å². The molecule has 10 heteroatoms. The molecule has 0 aliphatic rings. The lowest BCUT2D eigenvalue weighted by Gasteiger charge is -2.11. The standard InChI is InChI=1S/C19H20Cl2N6O.HI/c1-22-19(23-9-7-13-5-6-16(21)25-12-13)24-10-8-17-26-18(27-28-17)14-3-2-4-15(20)11-14;/h2-6,11-12H,7-10H2,1H3,(H2,22,23,24);1H. The molecule has 0 atom stereocenters. The van der Waals surface area contributed by atoms with Crippen LogP contribution in [0, 0.1) is 0 Å². The minimum atomic E-state index is 0. The van der Waals surface area contributed by atoms with Crippen LogP contribution in [0.3, 0.4) is 0 Å². The van der Waals surface area contributed by atoms with Gasteiger partial charge in [-0.1, -0.05) is 46.6 Å². The molecule has 2 aromatic heterocycles. The van der Waals surface area contributed by atoms with Crippen molar-refractivity contribution in [3.05, 3.63) is 64.2 Å². The summed E-state index contributed by atoms with van der Waals surface area (Å²) in [5.74, 6) is 1.78. The summed E-state index contributed by atoms with van der Waals surface area (Å²) >= 11 is 11.8. The van der Waals surface area contributed by atoms with Crippen LogP contribution in [0.25, 0.3) is 11.4 Å². The van der Waals surface area contributed by atoms with Crippen LogP contribution in [0.5, 0.6) is 0 Å². The molecule has 0 aliphatic carbocycles. The second-order valence-corrected chi connectivity index (χ2v) is 6.76. The third kappa shape index (κ3) is 7.45. The zero-order chi connectivity index (χ0) is 19.8. The Hall–Kier alpha value is -1.91. The zero-order valence-corrected chi connectivity index (χ0v) is 19.6. The van der Waals surface area contributed by atoms with Gasteiger partial charge in [-0.15, -0.1) is 24.0 Å². The SMILES string of the molecule is CN=C(NCCc1ccc(Cl)nc1)NCCc1nc(-c2cccc(Cl)c2)no1.I. The molecule has 2 heterocycles. The molecule has 2 N–H and O–H groups in total. The number of rotatable bonds is 7. The maximum Gasteiger partial charge on any atom is 0.228 e. The van der Waals surface area contributed by atoms with E-state index >= 15 is 0 Å². The van der Waals surface area contributed by atoms with Gasteiger partial charge in [-0.05, 0) is 30.2 Å². The Bertz CT molecular complexity index is 932. The summed E-state index contributed by atoms with van der Waals surface area (Å²) in [6, 6.07) is 11.1. The molecule has 0 aliphatic heterocycles. The summed E-state index contributed by atoms with van der Waals surface area (Å²) in [5, 5.41) is 11.6. The highest BCUT2D eigenvalue weighted by Gasteiger charge is 2.09. The number of pyridine rings is 1. The molecular weight excluding hydrogens is 526 g/mol. The summed E-state index contributed by atoms with van der Waals surface area (Å²) in [6.45, 7) is 1.34. The van der Waals surface area contributed by atoms with E-state index in [-0.39, 0.29) is 24.0 Å². The van der Waals surface area contributed by atoms with E-state index in [1.54, 1.807) is 31.4 Å². The third-order valence-electron chi connectivity index (χ3n) is 3.90. The molecular formula is C19H21Cl2IN6O. The first-order valence-corrected chi connectivity index (χ1v) is 9.53. The summed E-state index contributed by atoms with van der Waals surface area (Å²) in [4.78, 5) is 12.7. The predicted molar refractivity (Wildman–Crippen MR) is 126 cm³/mol. The lowest BCUT2D eigenvalue weighted by atomic mass is 10.2. The molecule has 3 aromatic rings. The van der Waals surface area contributed by atoms with E-state index in [0.717, 1.165) is 24.1 Å². The van der Waals surface area contributed by atoms with E-state index in [4.69, 9.17) is 27.7 Å². The highest BCUT2D eigenvalue weighted by atomic mass is 127. The molecule has 29 heavy (non-hydrogen) atoms. The highest BCUT2D eigenvalue weighted by Crippen LogP contribution is 2.19. The summed E-state index contributed by atoms with van der Waals surface area (Å²) in [6.07, 6.45) is 3.17. The maximum atomic E-state index is 6.00. The van der Waals surface area contributed by atoms with Gasteiger partial charge in [0.2, 0.25) is 11.7 Å². The number of guanidine groups is 1. The molecule has 0 spiro atoms. The van der Waals surface area contributed by atoms with E-state index in [1.807, 2.05) is 18.2 Å². The van der Waals surface area contributed by atoms with Crippen LogP contribution in [-0.4, -0.2) is 41.2 Å². The number of halogens is 3. The van der Waals surface area contributed by atoms with Crippen LogP contribution < -0.4 is 10.6 Å². The molecule has 154 valence electrons. The molecule has 0 bridgehead atoms. The minimum absolute atomic E-state index is 0. The van der Waals surface area contributed by atoms with Gasteiger partial charge in [-0.25, -0.2) is 4.98 Å². The first kappa shape index (κ1) is 23.4. The average molecular weight is 547 g/mol. The van der Waals surface area contributed by atoms with Gasteiger partial charge in [0, 0.05) is 43.3 Å². The first-order chi connectivity index (χ1) is 13.6. The monoisotopic (exact) mass is 546 g/mol. The number of aromatic nitrogens is 3. The van der Waals surface area contributed by atoms with Crippen LogP contribution in [0.2, 0.25) is 10.2 Å². The predicted octanol–water partition coefficient (Wildman–Crippen LogP) is 4.01. The molecule has 1 aromatic carbocycles. The fourth-order valence-corrected chi connectivity index (χ4v) is 2.79. The molecule has 0 radical (unpaired) electrons. The molecule has 0 fully saturated rings. The van der Waals surface area contributed by atoms with Gasteiger partial charge in [0.15, 0.2) is 5.96 Å². The third-order valence-corrected chi connectivity index (χ3v) is 4.36. The van der Waals surface area contributed by atoms with E-state index < -0.39 is 0 Å². The summed E-state index contributed by atoms with van der Waals surface area (Å²) < 4.78 is 5.30. The largest absolute Gasteiger partial charge is 0.356 e. The lowest BCUT2D eigenvalue weighted by molar-refractivity contribution is 0.378. The van der Waals surface area contributed by atoms with Crippen molar-refractivity contribution in [2.75, 3.05) is 20.1 Å². The van der Waals surface area contributed by atoms with Crippen molar-refractivity contribution >= 4 is 53.1 Å². The Balaban J connectivity index is 0.00000300. The Morgan fingerprint density at radius 1 is 1.10 bits per heavy atom. The van der Waals surface area contributed by atoms with E-state index in [0.29, 0.717) is 40.8 Å². The van der Waals surface area contributed by atoms with Gasteiger partial charge in [0.25, 0.3) is 0 Å². The quantitative estimate of drug-likeness (QED) is 0.201. The van der Waals surface area contributed by atoms with Gasteiger partial charge < -0.3 is 15.2 Å². The van der Waals surface area contributed by atoms with Gasteiger partial charge in [0.05, 0.1) is 0 Å². The maximum absolute atomic E-state index is 6.00. The van der Waals surface area contributed by atoms with Crippen LogP contribution in [-0.2, 0) is 12.8 Å². The summed E-state index contributed by atoms with van der Waals surface area (Å²) in [5.41, 5.74) is 1.93. The number of hydrogen-bond donors (Lipinski definition) is 2. The number of nitrogens with zero attached hydrogens (tertiary/aromatic N) is 4. The van der Waals surface area contributed by atoms with Crippen LogP contribution in [0.15, 0.2) is 52.1 Å². The van der Waals surface area contributed by atoms with Gasteiger partial charge in [0.1, 0.15) is 5.15 Å². The Labute approximate surface area is 196 Å². The Morgan fingerprint density at radius 3 is 2.59 bits per heavy atom. The lowest BCUT2D eigenvalue weighted by Crippen LogP contribution is -2.39. The van der Waals surface area contributed by atoms with Crippen molar-refractivity contribution < 1.29 is 4.52 Å². The van der Waals surface area contributed by atoms with Crippen LogP contribution in [0.1, 0.15) is 11.5 Å². The van der Waals surface area contributed by atoms with Crippen molar-refractivity contribution in [2.24, 2.45) is 4.99 Å². The highest BCUT2D eigenvalue weighted by molar-refractivity contribution is 14.0. The van der Waals surface area contributed by atoms with Crippen molar-refractivity contribution in [3.63, 3.8) is 0 Å². The normalized spacial score (nSPS) is 11.1. The minimum Gasteiger partial charge on any atom is -0.356 e. The molecule has 0 saturated heterocycles. The molecule has 0 unspecified atom stereocenters. The fourth-order valence-electron chi connectivity index (χ4n) is 2.49. The number of hydrogen-bond acceptors (Lipinski definition) is 5. The Morgan fingerprint density at radius 2 is 1.90 bits per heavy atom. The zero-order valence-electron chi connectivity index (χ0n) is 15.7. The number of nitrogens with one attached hydrogen (secondary N) is 2. The second-order valence-electron chi connectivity index (χ2n) is 5.94. The second kappa shape index (κ2) is 11.9.